The van der Waals surface area contributed by atoms with Crippen LogP contribution in [0.25, 0.3) is 0 Å². The van der Waals surface area contributed by atoms with Crippen LogP contribution in [0.4, 0.5) is 29.0 Å². The number of rotatable bonds is 4. The minimum atomic E-state index is 0.0612. The summed E-state index contributed by atoms with van der Waals surface area (Å²) in [7, 11) is 0. The molecular formula is C12H16N6O. The van der Waals surface area contributed by atoms with Crippen molar-refractivity contribution < 1.29 is 5.11 Å². The summed E-state index contributed by atoms with van der Waals surface area (Å²) in [6.45, 7) is 0.124. The number of nitrogens with zero attached hydrogens (tertiary/aromatic N) is 2. The van der Waals surface area contributed by atoms with E-state index in [1.165, 1.54) is 0 Å². The van der Waals surface area contributed by atoms with Crippen LogP contribution in [0, 0.1) is 0 Å². The maximum atomic E-state index is 8.84. The molecule has 0 aliphatic rings. The maximum Gasteiger partial charge on any atom is 0.224 e. The molecule has 0 bridgehead atoms. The minimum absolute atomic E-state index is 0.0612. The zero-order valence-corrected chi connectivity index (χ0v) is 10.3. The van der Waals surface area contributed by atoms with Gasteiger partial charge in [0.25, 0.3) is 0 Å². The van der Waals surface area contributed by atoms with Crippen LogP contribution in [0.2, 0.25) is 0 Å². The van der Waals surface area contributed by atoms with Gasteiger partial charge in [-0.1, -0.05) is 12.1 Å². The highest BCUT2D eigenvalue weighted by Crippen LogP contribution is 2.25. The molecule has 1 aromatic heterocycles. The van der Waals surface area contributed by atoms with Crippen LogP contribution in [0.15, 0.2) is 24.3 Å². The van der Waals surface area contributed by atoms with Crippen molar-refractivity contribution in [2.75, 3.05) is 29.1 Å². The fourth-order valence-electron chi connectivity index (χ4n) is 1.62. The van der Waals surface area contributed by atoms with Gasteiger partial charge in [0.1, 0.15) is 5.69 Å². The third-order valence-electron chi connectivity index (χ3n) is 2.61. The second-order valence-electron chi connectivity index (χ2n) is 4.02. The average molecular weight is 260 g/mol. The average Bonchev–Trinajstić information content (AvgIpc) is 2.38. The van der Waals surface area contributed by atoms with E-state index in [-0.39, 0.29) is 24.1 Å². The predicted molar refractivity (Wildman–Crippen MR) is 75.8 cm³/mol. The van der Waals surface area contributed by atoms with Gasteiger partial charge in [-0.2, -0.15) is 9.97 Å². The molecule has 7 heteroatoms. The first kappa shape index (κ1) is 12.9. The molecule has 0 saturated carbocycles. The minimum Gasteiger partial charge on any atom is -0.396 e. The Hall–Kier alpha value is -2.54. The third kappa shape index (κ3) is 3.02. The Balaban J connectivity index is 2.21. The number of hydrogen-bond acceptors (Lipinski definition) is 7. The molecule has 8 N–H and O–H groups in total. The van der Waals surface area contributed by atoms with Gasteiger partial charge < -0.3 is 27.6 Å². The number of aliphatic hydroxyl groups is 1. The second kappa shape index (κ2) is 5.40. The summed E-state index contributed by atoms with van der Waals surface area (Å²) in [6, 6.07) is 7.53. The predicted octanol–water partition coefficient (Wildman–Crippen LogP) is 0.502. The number of aliphatic hydroxyl groups excluding tert-OH is 1. The first-order valence-electron chi connectivity index (χ1n) is 5.75. The van der Waals surface area contributed by atoms with Crippen LogP contribution in [0.3, 0.4) is 0 Å². The molecule has 19 heavy (non-hydrogen) atoms. The lowest BCUT2D eigenvalue weighted by Crippen LogP contribution is -2.08. The van der Waals surface area contributed by atoms with Crippen molar-refractivity contribution >= 4 is 29.0 Å². The monoisotopic (exact) mass is 260 g/mol. The Bertz CT molecular complexity index is 569. The van der Waals surface area contributed by atoms with Crippen LogP contribution in [0.1, 0.15) is 5.56 Å². The van der Waals surface area contributed by atoms with E-state index >= 15 is 0 Å². The normalized spacial score (nSPS) is 10.4. The number of hydrogen-bond donors (Lipinski definition) is 5. The van der Waals surface area contributed by atoms with E-state index in [0.717, 1.165) is 11.3 Å². The van der Waals surface area contributed by atoms with Crippen molar-refractivity contribution in [3.8, 4) is 0 Å². The molecular weight excluding hydrogens is 244 g/mol. The van der Waals surface area contributed by atoms with E-state index in [1.54, 1.807) is 0 Å². The van der Waals surface area contributed by atoms with Crippen LogP contribution < -0.4 is 22.5 Å². The van der Waals surface area contributed by atoms with Gasteiger partial charge in [-0.15, -0.1) is 0 Å². The van der Waals surface area contributed by atoms with E-state index in [9.17, 15) is 0 Å². The maximum absolute atomic E-state index is 8.84. The summed E-state index contributed by atoms with van der Waals surface area (Å²) in [4.78, 5) is 7.76. The van der Waals surface area contributed by atoms with Crippen LogP contribution in [-0.4, -0.2) is 21.7 Å². The van der Waals surface area contributed by atoms with Crippen molar-refractivity contribution in [1.82, 2.24) is 9.97 Å². The van der Waals surface area contributed by atoms with E-state index in [4.69, 9.17) is 22.3 Å². The largest absolute Gasteiger partial charge is 0.396 e. The molecule has 0 radical (unpaired) electrons. The number of nitrogens with two attached hydrogens (primary N) is 3. The highest BCUT2D eigenvalue weighted by atomic mass is 16.2. The Morgan fingerprint density at radius 3 is 2.37 bits per heavy atom. The van der Waals surface area contributed by atoms with Crippen LogP contribution >= 0.6 is 0 Å². The Kier molecular flexibility index (Phi) is 3.67. The van der Waals surface area contributed by atoms with E-state index in [1.807, 2.05) is 24.3 Å². The summed E-state index contributed by atoms with van der Waals surface area (Å²) in [6.07, 6.45) is 0.621. The molecule has 0 amide bonds. The summed E-state index contributed by atoms with van der Waals surface area (Å²) < 4.78 is 0. The van der Waals surface area contributed by atoms with Crippen molar-refractivity contribution in [3.05, 3.63) is 29.8 Å². The highest BCUT2D eigenvalue weighted by molar-refractivity contribution is 5.77. The second-order valence-corrected chi connectivity index (χ2v) is 4.02. The molecule has 0 saturated heterocycles. The molecule has 0 aliphatic carbocycles. The van der Waals surface area contributed by atoms with E-state index in [0.29, 0.717) is 12.2 Å². The smallest absolute Gasteiger partial charge is 0.224 e. The van der Waals surface area contributed by atoms with Gasteiger partial charge in [-0.25, -0.2) is 0 Å². The molecule has 1 heterocycles. The first-order valence-corrected chi connectivity index (χ1v) is 5.75. The van der Waals surface area contributed by atoms with Gasteiger partial charge in [0.2, 0.25) is 5.95 Å². The van der Waals surface area contributed by atoms with Crippen molar-refractivity contribution in [1.29, 1.82) is 0 Å². The number of nitrogens with one attached hydrogen (secondary N) is 1. The Labute approximate surface area is 110 Å². The molecule has 0 fully saturated rings. The molecule has 0 unspecified atom stereocenters. The lowest BCUT2D eigenvalue weighted by Gasteiger charge is -2.10. The number of benzene rings is 1. The van der Waals surface area contributed by atoms with Gasteiger partial charge in [0, 0.05) is 12.3 Å². The third-order valence-corrected chi connectivity index (χ3v) is 2.61. The van der Waals surface area contributed by atoms with E-state index < -0.39 is 0 Å². The van der Waals surface area contributed by atoms with Crippen molar-refractivity contribution in [3.63, 3.8) is 0 Å². The Morgan fingerprint density at radius 2 is 1.74 bits per heavy atom. The van der Waals surface area contributed by atoms with Gasteiger partial charge in [0.05, 0.1) is 0 Å². The van der Waals surface area contributed by atoms with E-state index in [2.05, 4.69) is 15.3 Å². The molecule has 0 spiro atoms. The van der Waals surface area contributed by atoms with Gasteiger partial charge in [-0.3, -0.25) is 0 Å². The summed E-state index contributed by atoms with van der Waals surface area (Å²) in [5, 5.41) is 11.9. The van der Waals surface area contributed by atoms with Crippen LogP contribution in [0.5, 0.6) is 0 Å². The van der Waals surface area contributed by atoms with Crippen molar-refractivity contribution in [2.45, 2.75) is 6.42 Å². The molecule has 2 aromatic rings. The zero-order chi connectivity index (χ0) is 13.8. The fourth-order valence-corrected chi connectivity index (χ4v) is 1.62. The van der Waals surface area contributed by atoms with Gasteiger partial charge >= 0.3 is 0 Å². The lowest BCUT2D eigenvalue weighted by atomic mass is 10.1. The number of anilines is 5. The van der Waals surface area contributed by atoms with Crippen molar-refractivity contribution in [2.24, 2.45) is 0 Å². The Morgan fingerprint density at radius 1 is 1.05 bits per heavy atom. The first-order chi connectivity index (χ1) is 9.10. The molecule has 1 aromatic carbocycles. The summed E-state index contributed by atoms with van der Waals surface area (Å²) in [5.41, 5.74) is 19.0. The molecule has 0 aliphatic heterocycles. The molecule has 0 atom stereocenters. The quantitative estimate of drug-likeness (QED) is 0.540. The fraction of sp³-hybridized carbons (Fsp3) is 0.167. The van der Waals surface area contributed by atoms with Crippen LogP contribution in [-0.2, 0) is 6.42 Å². The van der Waals surface area contributed by atoms with Gasteiger partial charge in [0.15, 0.2) is 11.6 Å². The zero-order valence-electron chi connectivity index (χ0n) is 10.3. The molecule has 2 rings (SSSR count). The highest BCUT2D eigenvalue weighted by Gasteiger charge is 2.08. The number of aromatic nitrogens is 2. The number of nitrogen functional groups attached to an aromatic ring is 3. The topological polar surface area (TPSA) is 136 Å². The van der Waals surface area contributed by atoms with Gasteiger partial charge in [-0.05, 0) is 24.1 Å². The standard InChI is InChI=1S/C12H16N6O/c13-9-10(14)17-12(15)18-11(9)16-8-3-1-7(2-4-8)5-6-19/h1-4,19H,5-6,13H2,(H5,14,15,16,17,18). The SMILES string of the molecule is Nc1nc(N)c(N)c(Nc2ccc(CCO)cc2)n1. The molecule has 7 nitrogen and oxygen atoms in total. The lowest BCUT2D eigenvalue weighted by molar-refractivity contribution is 0.299. The summed E-state index contributed by atoms with van der Waals surface area (Å²) >= 11 is 0. The molecule has 100 valence electrons. The summed E-state index contributed by atoms with van der Waals surface area (Å²) in [5.74, 6) is 0.581.